The van der Waals surface area contributed by atoms with Gasteiger partial charge in [-0.2, -0.15) is 9.97 Å². The van der Waals surface area contributed by atoms with E-state index in [9.17, 15) is 0 Å². The van der Waals surface area contributed by atoms with Gasteiger partial charge in [-0.3, -0.25) is 4.57 Å². The van der Waals surface area contributed by atoms with Gasteiger partial charge in [0.1, 0.15) is 11.2 Å². The predicted molar refractivity (Wildman–Crippen MR) is 232 cm³/mol. The minimum absolute atomic E-state index is 0.0443. The third kappa shape index (κ3) is 4.87. The lowest BCUT2D eigenvalue weighted by Gasteiger charge is -2.11. The van der Waals surface area contributed by atoms with Gasteiger partial charge in [-0.15, -0.1) is 0 Å². The first-order chi connectivity index (χ1) is 30.3. The second-order valence-electron chi connectivity index (χ2n) is 14.1. The maximum absolute atomic E-state index is 8.91. The molecule has 0 bridgehead atoms. The van der Waals surface area contributed by atoms with Crippen LogP contribution in [0.2, 0.25) is 0 Å². The summed E-state index contributed by atoms with van der Waals surface area (Å²) in [6, 6.07) is 51.0. The Hall–Kier alpha value is -7.83. The van der Waals surface area contributed by atoms with Crippen molar-refractivity contribution in [3.05, 3.63) is 188 Å². The van der Waals surface area contributed by atoms with E-state index in [-0.39, 0.29) is 23.2 Å². The third-order valence-corrected chi connectivity index (χ3v) is 10.9. The minimum Gasteiger partial charge on any atom is -0.456 e. The number of benzene rings is 8. The van der Waals surface area contributed by atoms with Crippen LogP contribution >= 0.6 is 0 Å². The number of aromatic nitrogens is 5. The molecule has 0 spiro atoms. The van der Waals surface area contributed by atoms with Crippen LogP contribution in [0.4, 0.5) is 0 Å². The molecule has 0 aliphatic rings. The van der Waals surface area contributed by atoms with Crippen LogP contribution < -0.4 is 0 Å². The van der Waals surface area contributed by atoms with Gasteiger partial charge in [0, 0.05) is 55.2 Å². The van der Waals surface area contributed by atoms with Crippen molar-refractivity contribution in [1.82, 2.24) is 24.1 Å². The van der Waals surface area contributed by atoms with E-state index >= 15 is 0 Å². The molecule has 8 aromatic carbocycles. The number of furan rings is 1. The SMILES string of the molecule is [2H]c1c([2H])c([2H])c(-c2nc(-c3cccc4oc5cc(-n6c7ccccc7c7ccc(-c8ccccc8)cc76)ccc5c34)nc(-n3c4ccccc4c4ccccc43)n2)c([2H])c1[2H]. The van der Waals surface area contributed by atoms with E-state index in [4.69, 9.17) is 26.2 Å². The van der Waals surface area contributed by atoms with E-state index in [0.717, 1.165) is 71.2 Å². The van der Waals surface area contributed by atoms with Crippen LogP contribution in [-0.4, -0.2) is 24.1 Å². The van der Waals surface area contributed by atoms with Gasteiger partial charge < -0.3 is 8.98 Å². The van der Waals surface area contributed by atoms with Gasteiger partial charge in [-0.1, -0.05) is 139 Å². The molecule has 4 heterocycles. The van der Waals surface area contributed by atoms with E-state index in [0.29, 0.717) is 16.7 Å². The van der Waals surface area contributed by atoms with Crippen LogP contribution in [0.1, 0.15) is 6.85 Å². The Labute approximate surface area is 333 Å². The van der Waals surface area contributed by atoms with Crippen LogP contribution in [0, 0.1) is 0 Å². The third-order valence-electron chi connectivity index (χ3n) is 10.9. The molecular formula is C51H31N5O. The standard InChI is InChI=1S/C51H31N5O/c1-3-14-32(15-4-1)34-26-28-39-38-20-7-10-22-42(38)55(45(39)30-34)35-27-29-40-47(31-35)57-46-25-13-21-41(48(40)46)50-52-49(33-16-5-2-6-17-33)53-51(54-50)56-43-23-11-8-18-36(43)37-19-9-12-24-44(37)56/h1-31H/i2D,5D,6D,16D,17D. The lowest BCUT2D eigenvalue weighted by molar-refractivity contribution is 0.668. The smallest absolute Gasteiger partial charge is 0.238 e. The summed E-state index contributed by atoms with van der Waals surface area (Å²) in [5.41, 5.74) is 8.84. The highest BCUT2D eigenvalue weighted by Gasteiger charge is 2.21. The van der Waals surface area contributed by atoms with E-state index in [1.165, 1.54) is 0 Å². The maximum Gasteiger partial charge on any atom is 0.238 e. The van der Waals surface area contributed by atoms with E-state index < -0.39 is 30.2 Å². The molecule has 4 aromatic heterocycles. The monoisotopic (exact) mass is 734 g/mol. The van der Waals surface area contributed by atoms with Gasteiger partial charge in [0.05, 0.1) is 28.9 Å². The largest absolute Gasteiger partial charge is 0.456 e. The lowest BCUT2D eigenvalue weighted by Crippen LogP contribution is -2.06. The fourth-order valence-corrected chi connectivity index (χ4v) is 8.40. The maximum atomic E-state index is 8.91. The summed E-state index contributed by atoms with van der Waals surface area (Å²) in [6.45, 7) is 0. The van der Waals surface area contributed by atoms with Crippen molar-refractivity contribution in [1.29, 1.82) is 0 Å². The van der Waals surface area contributed by atoms with Crippen molar-refractivity contribution in [2.45, 2.75) is 0 Å². The highest BCUT2D eigenvalue weighted by Crippen LogP contribution is 2.40. The zero-order chi connectivity index (χ0) is 41.8. The highest BCUT2D eigenvalue weighted by molar-refractivity contribution is 6.14. The molecule has 0 aliphatic heterocycles. The molecule has 0 aliphatic carbocycles. The Balaban J connectivity index is 1.10. The van der Waals surface area contributed by atoms with Crippen molar-refractivity contribution in [2.24, 2.45) is 0 Å². The molecule has 0 N–H and O–H groups in total. The number of fused-ring (bicyclic) bond motifs is 9. The van der Waals surface area contributed by atoms with Gasteiger partial charge in [0.15, 0.2) is 11.6 Å². The van der Waals surface area contributed by atoms with Crippen LogP contribution in [0.15, 0.2) is 192 Å². The zero-order valence-corrected chi connectivity index (χ0v) is 30.2. The molecule has 266 valence electrons. The van der Waals surface area contributed by atoms with Crippen molar-refractivity contribution in [3.63, 3.8) is 0 Å². The molecule has 0 atom stereocenters. The Morgan fingerprint density at radius 1 is 0.421 bits per heavy atom. The fourth-order valence-electron chi connectivity index (χ4n) is 8.40. The number of hydrogen-bond donors (Lipinski definition) is 0. The minimum atomic E-state index is -0.493. The topological polar surface area (TPSA) is 61.7 Å². The second kappa shape index (κ2) is 12.3. The molecule has 6 heteroatoms. The summed E-state index contributed by atoms with van der Waals surface area (Å²) in [5, 5.41) is 5.90. The van der Waals surface area contributed by atoms with Crippen LogP contribution in [0.5, 0.6) is 0 Å². The summed E-state index contributed by atoms with van der Waals surface area (Å²) in [7, 11) is 0. The number of nitrogens with zero attached hydrogens (tertiary/aromatic N) is 5. The van der Waals surface area contributed by atoms with Crippen LogP contribution in [0.25, 0.3) is 111 Å². The summed E-state index contributed by atoms with van der Waals surface area (Å²) in [5.74, 6) is 0.451. The molecule has 0 unspecified atom stereocenters. The molecule has 0 radical (unpaired) electrons. The van der Waals surface area contributed by atoms with Gasteiger partial charge in [0.25, 0.3) is 0 Å². The molecule has 0 saturated carbocycles. The second-order valence-corrected chi connectivity index (χ2v) is 14.1. The average molecular weight is 735 g/mol. The Morgan fingerprint density at radius 2 is 1.05 bits per heavy atom. The number of hydrogen-bond acceptors (Lipinski definition) is 4. The molecule has 12 aromatic rings. The van der Waals surface area contributed by atoms with Gasteiger partial charge >= 0.3 is 0 Å². The van der Waals surface area contributed by atoms with Crippen molar-refractivity contribution in [2.75, 3.05) is 0 Å². The lowest BCUT2D eigenvalue weighted by atomic mass is 10.0. The average Bonchev–Trinajstić information content (AvgIpc) is 3.97. The van der Waals surface area contributed by atoms with E-state index in [2.05, 4.69) is 89.5 Å². The fraction of sp³-hybridized carbons (Fsp3) is 0. The van der Waals surface area contributed by atoms with Crippen molar-refractivity contribution < 1.29 is 11.3 Å². The van der Waals surface area contributed by atoms with Crippen LogP contribution in [0.3, 0.4) is 0 Å². The summed E-state index contributed by atoms with van der Waals surface area (Å²) in [4.78, 5) is 15.0. The highest BCUT2D eigenvalue weighted by atomic mass is 16.3. The van der Waals surface area contributed by atoms with Gasteiger partial charge in [0.2, 0.25) is 5.95 Å². The van der Waals surface area contributed by atoms with E-state index in [1.54, 1.807) is 0 Å². The molecule has 57 heavy (non-hydrogen) atoms. The Morgan fingerprint density at radius 3 is 1.79 bits per heavy atom. The summed E-state index contributed by atoms with van der Waals surface area (Å²) < 4.78 is 54.0. The van der Waals surface area contributed by atoms with Crippen molar-refractivity contribution >= 4 is 65.6 Å². The molecule has 0 amide bonds. The summed E-state index contributed by atoms with van der Waals surface area (Å²) >= 11 is 0. The summed E-state index contributed by atoms with van der Waals surface area (Å²) in [6.07, 6.45) is 0. The first-order valence-corrected chi connectivity index (χ1v) is 18.7. The predicted octanol–water partition coefficient (Wildman–Crippen LogP) is 13.0. The Kier molecular flexibility index (Phi) is 5.82. The zero-order valence-electron chi connectivity index (χ0n) is 35.2. The quantitative estimate of drug-likeness (QED) is 0.177. The number of para-hydroxylation sites is 3. The first-order valence-electron chi connectivity index (χ1n) is 21.2. The first kappa shape index (κ1) is 26.9. The normalized spacial score (nSPS) is 13.1. The van der Waals surface area contributed by atoms with Crippen molar-refractivity contribution in [3.8, 4) is 45.5 Å². The molecule has 12 rings (SSSR count). The molecular weight excluding hydrogens is 699 g/mol. The molecule has 6 nitrogen and oxygen atoms in total. The molecule has 0 fully saturated rings. The van der Waals surface area contributed by atoms with E-state index in [1.807, 2.05) is 77.4 Å². The van der Waals surface area contributed by atoms with Gasteiger partial charge in [-0.05, 0) is 53.6 Å². The Bertz CT molecular complexity index is 3750. The van der Waals surface area contributed by atoms with Gasteiger partial charge in [-0.25, -0.2) is 4.98 Å². The number of rotatable bonds is 5. The molecule has 0 saturated heterocycles. The van der Waals surface area contributed by atoms with Crippen LogP contribution in [-0.2, 0) is 0 Å².